The number of hydrogen-bond donors (Lipinski definition) is 1. The highest BCUT2D eigenvalue weighted by Crippen LogP contribution is 2.25. The van der Waals surface area contributed by atoms with Gasteiger partial charge in [0.1, 0.15) is 0 Å². The van der Waals surface area contributed by atoms with E-state index in [0.717, 1.165) is 41.3 Å². The molecular formula is C21H25N7. The Hall–Kier alpha value is -3.24. The number of anilines is 1. The fourth-order valence-electron chi connectivity index (χ4n) is 3.18. The van der Waals surface area contributed by atoms with Gasteiger partial charge < -0.3 is 10.6 Å². The molecule has 2 heterocycles. The zero-order chi connectivity index (χ0) is 20.1. The number of hydrogen-bond acceptors (Lipinski definition) is 6. The summed E-state index contributed by atoms with van der Waals surface area (Å²) >= 11 is 0. The summed E-state index contributed by atoms with van der Waals surface area (Å²) in [7, 11) is 1.95. The Bertz CT molecular complexity index is 979. The Balaban J connectivity index is 2.00. The second kappa shape index (κ2) is 8.63. The number of nitrogens with zero attached hydrogens (tertiary/aromatic N) is 6. The third-order valence-electron chi connectivity index (χ3n) is 4.84. The van der Waals surface area contributed by atoms with Crippen molar-refractivity contribution < 1.29 is 0 Å². The van der Waals surface area contributed by atoms with E-state index in [9.17, 15) is 5.26 Å². The van der Waals surface area contributed by atoms with Crippen LogP contribution in [-0.4, -0.2) is 32.8 Å². The fourth-order valence-corrected chi connectivity index (χ4v) is 3.18. The normalized spacial score (nSPS) is 10.7. The van der Waals surface area contributed by atoms with Crippen LogP contribution in [0.15, 0.2) is 36.7 Å². The molecular weight excluding hydrogens is 350 g/mol. The van der Waals surface area contributed by atoms with Crippen molar-refractivity contribution in [1.82, 2.24) is 19.7 Å². The predicted octanol–water partition coefficient (Wildman–Crippen LogP) is 2.64. The van der Waals surface area contributed by atoms with Crippen LogP contribution in [0.25, 0.3) is 11.4 Å². The van der Waals surface area contributed by atoms with Crippen LogP contribution in [0.3, 0.4) is 0 Å². The van der Waals surface area contributed by atoms with Gasteiger partial charge >= 0.3 is 0 Å². The number of nitrogens with two attached hydrogens (primary N) is 1. The molecule has 3 rings (SSSR count). The number of aryl methyl sites for hydroxylation is 1. The topological polar surface area (TPSA) is 96.6 Å². The first-order chi connectivity index (χ1) is 13.6. The Morgan fingerprint density at radius 1 is 1.14 bits per heavy atom. The third-order valence-corrected chi connectivity index (χ3v) is 4.84. The van der Waals surface area contributed by atoms with Crippen LogP contribution in [0.4, 0.5) is 5.82 Å². The molecule has 0 saturated carbocycles. The lowest BCUT2D eigenvalue weighted by molar-refractivity contribution is 0.712. The van der Waals surface area contributed by atoms with Gasteiger partial charge in [-0.3, -0.25) is 4.68 Å². The number of benzene rings is 1. The lowest BCUT2D eigenvalue weighted by Crippen LogP contribution is -2.22. The molecule has 28 heavy (non-hydrogen) atoms. The lowest BCUT2D eigenvalue weighted by atomic mass is 9.99. The maximum atomic E-state index is 9.33. The molecule has 0 bridgehead atoms. The molecule has 2 aromatic heterocycles. The summed E-state index contributed by atoms with van der Waals surface area (Å²) in [6.07, 6.45) is 4.12. The second-order valence-corrected chi connectivity index (χ2v) is 6.57. The highest BCUT2D eigenvalue weighted by molar-refractivity contribution is 5.63. The van der Waals surface area contributed by atoms with Crippen LogP contribution in [0, 0.1) is 11.3 Å². The van der Waals surface area contributed by atoms with Crippen LogP contribution in [0.1, 0.15) is 36.2 Å². The quantitative estimate of drug-likeness (QED) is 0.682. The van der Waals surface area contributed by atoms with Crippen molar-refractivity contribution in [3.05, 3.63) is 59.0 Å². The van der Waals surface area contributed by atoms with Crippen molar-refractivity contribution in [2.24, 2.45) is 12.8 Å². The summed E-state index contributed by atoms with van der Waals surface area (Å²) in [4.78, 5) is 11.1. The third kappa shape index (κ3) is 4.02. The van der Waals surface area contributed by atoms with Crippen molar-refractivity contribution in [3.63, 3.8) is 0 Å². The molecule has 0 atom stereocenters. The van der Waals surface area contributed by atoms with Gasteiger partial charge in [0.25, 0.3) is 0 Å². The molecule has 7 heteroatoms. The molecule has 0 amide bonds. The van der Waals surface area contributed by atoms with E-state index in [2.05, 4.69) is 45.9 Å². The van der Waals surface area contributed by atoms with Crippen LogP contribution in [0.5, 0.6) is 0 Å². The first kappa shape index (κ1) is 19.5. The molecule has 2 N–H and O–H groups in total. The minimum Gasteiger partial charge on any atom is -0.356 e. The summed E-state index contributed by atoms with van der Waals surface area (Å²) in [6.45, 7) is 6.46. The van der Waals surface area contributed by atoms with Crippen LogP contribution in [-0.2, 0) is 20.0 Å². The van der Waals surface area contributed by atoms with E-state index in [-0.39, 0.29) is 0 Å². The minimum absolute atomic E-state index is 0.406. The fraction of sp³-hybridized carbons (Fsp3) is 0.333. The van der Waals surface area contributed by atoms with Gasteiger partial charge in [-0.1, -0.05) is 0 Å². The number of nitriles is 1. The summed E-state index contributed by atoms with van der Waals surface area (Å²) in [6, 6.07) is 9.93. The molecule has 0 aliphatic carbocycles. The average molecular weight is 375 g/mol. The van der Waals surface area contributed by atoms with Crippen LogP contribution < -0.4 is 10.6 Å². The standard InChI is InChI=1S/C21H25N7/c1-4-28(5-2)20-10-18(27(3)26-20)9-17-8-15(11-22)6-7-19(17)21-24-13-16(12-23)14-25-21/h6-8,10,13-14H,4-5,9,12,23H2,1-3H3. The molecule has 1 aromatic carbocycles. The average Bonchev–Trinajstić information content (AvgIpc) is 3.09. The van der Waals surface area contributed by atoms with Gasteiger partial charge in [0.15, 0.2) is 11.6 Å². The lowest BCUT2D eigenvalue weighted by Gasteiger charge is -2.16. The highest BCUT2D eigenvalue weighted by atomic mass is 15.3. The molecule has 0 fully saturated rings. The summed E-state index contributed by atoms with van der Waals surface area (Å²) in [5.74, 6) is 1.59. The van der Waals surface area contributed by atoms with Gasteiger partial charge in [0.2, 0.25) is 0 Å². The maximum Gasteiger partial charge on any atom is 0.159 e. The number of rotatable bonds is 7. The Morgan fingerprint density at radius 3 is 2.46 bits per heavy atom. The van der Waals surface area contributed by atoms with Crippen LogP contribution in [0.2, 0.25) is 0 Å². The van der Waals surface area contributed by atoms with E-state index in [1.165, 1.54) is 0 Å². The van der Waals surface area contributed by atoms with Gasteiger partial charge in [-0.15, -0.1) is 0 Å². The SMILES string of the molecule is CCN(CC)c1cc(Cc2cc(C#N)ccc2-c2ncc(CN)cn2)n(C)n1. The molecule has 3 aromatic rings. The number of aromatic nitrogens is 4. The van der Waals surface area contributed by atoms with Crippen molar-refractivity contribution in [2.45, 2.75) is 26.8 Å². The molecule has 0 spiro atoms. The highest BCUT2D eigenvalue weighted by Gasteiger charge is 2.15. The Morgan fingerprint density at radius 2 is 1.86 bits per heavy atom. The molecule has 144 valence electrons. The van der Waals surface area contributed by atoms with E-state index < -0.39 is 0 Å². The van der Waals surface area contributed by atoms with E-state index in [4.69, 9.17) is 5.73 Å². The molecule has 7 nitrogen and oxygen atoms in total. The largest absolute Gasteiger partial charge is 0.356 e. The van der Waals surface area contributed by atoms with Gasteiger partial charge in [-0.25, -0.2) is 9.97 Å². The molecule has 0 unspecified atom stereocenters. The van der Waals surface area contributed by atoms with Gasteiger partial charge in [0, 0.05) is 68.4 Å². The molecule has 0 radical (unpaired) electrons. The van der Waals surface area contributed by atoms with Crippen LogP contribution >= 0.6 is 0 Å². The van der Waals surface area contributed by atoms with Gasteiger partial charge in [-0.05, 0) is 37.6 Å². The van der Waals surface area contributed by atoms with E-state index in [1.54, 1.807) is 18.5 Å². The first-order valence-corrected chi connectivity index (χ1v) is 9.41. The molecule has 0 aliphatic heterocycles. The van der Waals surface area contributed by atoms with E-state index in [1.807, 2.05) is 23.9 Å². The Kier molecular flexibility index (Phi) is 6.02. The zero-order valence-corrected chi connectivity index (χ0v) is 16.6. The van der Waals surface area contributed by atoms with Crippen molar-refractivity contribution in [1.29, 1.82) is 5.26 Å². The molecule has 0 saturated heterocycles. The monoisotopic (exact) mass is 375 g/mol. The summed E-state index contributed by atoms with van der Waals surface area (Å²) < 4.78 is 1.90. The van der Waals surface area contributed by atoms with Crippen molar-refractivity contribution in [2.75, 3.05) is 18.0 Å². The van der Waals surface area contributed by atoms with Gasteiger partial charge in [-0.2, -0.15) is 10.4 Å². The Labute approximate surface area is 165 Å². The summed E-state index contributed by atoms with van der Waals surface area (Å²) in [5, 5.41) is 14.0. The van der Waals surface area contributed by atoms with E-state index in [0.29, 0.717) is 24.4 Å². The minimum atomic E-state index is 0.406. The first-order valence-electron chi connectivity index (χ1n) is 9.41. The smallest absolute Gasteiger partial charge is 0.159 e. The van der Waals surface area contributed by atoms with Gasteiger partial charge in [0.05, 0.1) is 11.6 Å². The van der Waals surface area contributed by atoms with Crippen molar-refractivity contribution in [3.8, 4) is 17.5 Å². The van der Waals surface area contributed by atoms with E-state index >= 15 is 0 Å². The zero-order valence-electron chi connectivity index (χ0n) is 16.6. The van der Waals surface area contributed by atoms with Crippen molar-refractivity contribution >= 4 is 5.82 Å². The molecule has 0 aliphatic rings. The maximum absolute atomic E-state index is 9.33. The predicted molar refractivity (Wildman–Crippen MR) is 110 cm³/mol. The second-order valence-electron chi connectivity index (χ2n) is 6.57. The summed E-state index contributed by atoms with van der Waals surface area (Å²) in [5.41, 5.74) is 10.1.